The lowest BCUT2D eigenvalue weighted by atomic mass is 9.75. The first kappa shape index (κ1) is 11.1. The Balaban J connectivity index is 2.31. The van der Waals surface area contributed by atoms with Crippen LogP contribution >= 0.6 is 0 Å². The molecule has 2 N–H and O–H groups in total. The summed E-state index contributed by atoms with van der Waals surface area (Å²) < 4.78 is 0. The van der Waals surface area contributed by atoms with Crippen LogP contribution in [0.25, 0.3) is 0 Å². The third-order valence-corrected chi connectivity index (χ3v) is 3.16. The van der Waals surface area contributed by atoms with Gasteiger partial charge >= 0.3 is 0 Å². The van der Waals surface area contributed by atoms with Crippen molar-refractivity contribution in [2.45, 2.75) is 11.8 Å². The Labute approximate surface area is 95.6 Å². The van der Waals surface area contributed by atoms with E-state index in [0.717, 1.165) is 17.6 Å². The quantitative estimate of drug-likeness (QED) is 0.808. The van der Waals surface area contributed by atoms with Crippen molar-refractivity contribution in [3.8, 4) is 0 Å². The van der Waals surface area contributed by atoms with E-state index in [1.54, 1.807) is 0 Å². The molecule has 2 heteroatoms. The average Bonchev–Trinajstić information content (AvgIpc) is 2.40. The first-order chi connectivity index (χ1) is 7.80. The van der Waals surface area contributed by atoms with E-state index in [-0.39, 0.29) is 18.6 Å². The Morgan fingerprint density at radius 3 is 2.38 bits per heavy atom. The maximum Gasteiger partial charge on any atom is 0.0678 e. The summed E-state index contributed by atoms with van der Waals surface area (Å²) in [5, 5.41) is 18.6. The zero-order valence-corrected chi connectivity index (χ0v) is 9.13. The molecule has 0 heterocycles. The molecule has 1 aromatic rings. The fourth-order valence-electron chi connectivity index (χ4n) is 2.03. The lowest BCUT2D eigenvalue weighted by molar-refractivity contribution is 0.223. The number of hydrogen-bond donors (Lipinski definition) is 2. The molecule has 0 aliphatic heterocycles. The Kier molecular flexibility index (Phi) is 3.22. The van der Waals surface area contributed by atoms with Gasteiger partial charge in [0, 0.05) is 5.41 Å². The fourth-order valence-corrected chi connectivity index (χ4v) is 2.03. The molecule has 1 unspecified atom stereocenters. The second-order valence-corrected chi connectivity index (χ2v) is 4.15. The molecular weight excluding hydrogens is 200 g/mol. The van der Waals surface area contributed by atoms with E-state index >= 15 is 0 Å². The van der Waals surface area contributed by atoms with Crippen molar-refractivity contribution < 1.29 is 10.2 Å². The van der Waals surface area contributed by atoms with Gasteiger partial charge in [-0.2, -0.15) is 0 Å². The molecular formula is C14H16O2. The average molecular weight is 216 g/mol. The summed E-state index contributed by atoms with van der Waals surface area (Å²) in [6.07, 6.45) is 6.61. The maximum absolute atomic E-state index is 9.61. The molecule has 0 fully saturated rings. The van der Waals surface area contributed by atoms with Gasteiger partial charge in [-0.25, -0.2) is 0 Å². The van der Waals surface area contributed by atoms with Crippen LogP contribution < -0.4 is 0 Å². The van der Waals surface area contributed by atoms with Gasteiger partial charge in [-0.15, -0.1) is 0 Å². The number of rotatable bonds is 3. The first-order valence-electron chi connectivity index (χ1n) is 5.46. The summed E-state index contributed by atoms with van der Waals surface area (Å²) >= 11 is 0. The molecule has 0 saturated heterocycles. The fraction of sp³-hybridized carbons (Fsp3) is 0.286. The largest absolute Gasteiger partial charge is 0.395 e. The van der Waals surface area contributed by atoms with E-state index < -0.39 is 0 Å². The van der Waals surface area contributed by atoms with Gasteiger partial charge in [0.15, 0.2) is 0 Å². The van der Waals surface area contributed by atoms with E-state index in [9.17, 15) is 5.11 Å². The van der Waals surface area contributed by atoms with Crippen molar-refractivity contribution in [2.75, 3.05) is 13.2 Å². The van der Waals surface area contributed by atoms with Crippen LogP contribution in [-0.4, -0.2) is 23.4 Å². The second kappa shape index (κ2) is 4.64. The van der Waals surface area contributed by atoms with Crippen molar-refractivity contribution in [1.29, 1.82) is 0 Å². The van der Waals surface area contributed by atoms with Crippen molar-refractivity contribution in [3.05, 3.63) is 59.7 Å². The summed E-state index contributed by atoms with van der Waals surface area (Å²) in [5.41, 5.74) is 1.71. The van der Waals surface area contributed by atoms with Crippen molar-refractivity contribution >= 4 is 0 Å². The van der Waals surface area contributed by atoms with Crippen LogP contribution in [0, 0.1) is 0 Å². The zero-order chi connectivity index (χ0) is 11.4. The van der Waals surface area contributed by atoms with Crippen LogP contribution in [0.15, 0.2) is 54.1 Å². The number of aliphatic hydroxyl groups excluding tert-OH is 2. The smallest absolute Gasteiger partial charge is 0.0678 e. The zero-order valence-electron chi connectivity index (χ0n) is 9.13. The lowest BCUT2D eigenvalue weighted by Crippen LogP contribution is -2.29. The predicted molar refractivity (Wildman–Crippen MR) is 64.1 cm³/mol. The Hall–Kier alpha value is -1.38. The standard InChI is InChI=1S/C14H16O2/c15-10-12-6-8-14(11-16,9-7-12)13-4-2-1-3-5-13/h1-8,15-16H,9-11H2. The molecule has 0 radical (unpaired) electrons. The Morgan fingerprint density at radius 1 is 1.12 bits per heavy atom. The van der Waals surface area contributed by atoms with Gasteiger partial charge in [-0.3, -0.25) is 0 Å². The van der Waals surface area contributed by atoms with Gasteiger partial charge in [-0.1, -0.05) is 48.6 Å². The maximum atomic E-state index is 9.61. The van der Waals surface area contributed by atoms with E-state index in [4.69, 9.17) is 5.11 Å². The van der Waals surface area contributed by atoms with Crippen LogP contribution in [0.1, 0.15) is 12.0 Å². The first-order valence-corrected chi connectivity index (χ1v) is 5.46. The summed E-state index contributed by atoms with van der Waals surface area (Å²) in [6.45, 7) is 0.148. The molecule has 0 amide bonds. The predicted octanol–water partition coefficient (Wildman–Crippen LogP) is 1.80. The Bertz CT molecular complexity index is 406. The minimum atomic E-state index is -0.320. The molecule has 1 aliphatic rings. The highest BCUT2D eigenvalue weighted by Crippen LogP contribution is 2.33. The van der Waals surface area contributed by atoms with Crippen molar-refractivity contribution in [3.63, 3.8) is 0 Å². The highest BCUT2D eigenvalue weighted by atomic mass is 16.3. The molecule has 1 aliphatic carbocycles. The summed E-state index contributed by atoms with van der Waals surface area (Å²) in [4.78, 5) is 0. The number of allylic oxidation sites excluding steroid dienone is 1. The van der Waals surface area contributed by atoms with Crippen LogP contribution in [0.2, 0.25) is 0 Å². The van der Waals surface area contributed by atoms with Gasteiger partial charge in [0.2, 0.25) is 0 Å². The van der Waals surface area contributed by atoms with Gasteiger partial charge < -0.3 is 10.2 Å². The molecule has 84 valence electrons. The molecule has 0 aromatic heterocycles. The number of aliphatic hydroxyl groups is 2. The molecule has 0 saturated carbocycles. The van der Waals surface area contributed by atoms with Gasteiger partial charge in [0.25, 0.3) is 0 Å². The summed E-state index contributed by atoms with van der Waals surface area (Å²) in [5.74, 6) is 0. The SMILES string of the molecule is OCC1=CCC(CO)(c2ccccc2)C=C1. The lowest BCUT2D eigenvalue weighted by Gasteiger charge is -2.30. The third kappa shape index (κ3) is 1.94. The van der Waals surface area contributed by atoms with E-state index in [1.807, 2.05) is 48.6 Å². The third-order valence-electron chi connectivity index (χ3n) is 3.16. The molecule has 1 atom stereocenters. The molecule has 1 aromatic carbocycles. The molecule has 0 bridgehead atoms. The highest BCUT2D eigenvalue weighted by Gasteiger charge is 2.29. The normalized spacial score (nSPS) is 24.2. The van der Waals surface area contributed by atoms with Crippen molar-refractivity contribution in [2.24, 2.45) is 0 Å². The van der Waals surface area contributed by atoms with Gasteiger partial charge in [0.05, 0.1) is 13.2 Å². The van der Waals surface area contributed by atoms with E-state index in [0.29, 0.717) is 0 Å². The topological polar surface area (TPSA) is 40.5 Å². The molecule has 2 nitrogen and oxygen atoms in total. The van der Waals surface area contributed by atoms with Crippen LogP contribution in [-0.2, 0) is 5.41 Å². The molecule has 2 rings (SSSR count). The monoisotopic (exact) mass is 216 g/mol. The van der Waals surface area contributed by atoms with Gasteiger partial charge in [0.1, 0.15) is 0 Å². The molecule has 0 spiro atoms. The van der Waals surface area contributed by atoms with Crippen LogP contribution in [0.4, 0.5) is 0 Å². The summed E-state index contributed by atoms with van der Waals surface area (Å²) in [7, 11) is 0. The Morgan fingerprint density at radius 2 is 1.88 bits per heavy atom. The van der Waals surface area contributed by atoms with E-state index in [1.165, 1.54) is 0 Å². The van der Waals surface area contributed by atoms with Crippen LogP contribution in [0.5, 0.6) is 0 Å². The van der Waals surface area contributed by atoms with Gasteiger partial charge in [-0.05, 0) is 17.6 Å². The second-order valence-electron chi connectivity index (χ2n) is 4.15. The summed E-state index contributed by atoms with van der Waals surface area (Å²) in [6, 6.07) is 9.98. The van der Waals surface area contributed by atoms with E-state index in [2.05, 4.69) is 0 Å². The number of hydrogen-bond acceptors (Lipinski definition) is 2. The number of benzene rings is 1. The minimum Gasteiger partial charge on any atom is -0.395 e. The highest BCUT2D eigenvalue weighted by molar-refractivity contribution is 5.38. The van der Waals surface area contributed by atoms with Crippen molar-refractivity contribution in [1.82, 2.24) is 0 Å². The van der Waals surface area contributed by atoms with Crippen LogP contribution in [0.3, 0.4) is 0 Å². The minimum absolute atomic E-state index is 0.0623. The molecule has 16 heavy (non-hydrogen) atoms.